The quantitative estimate of drug-likeness (QED) is 0.632. The Morgan fingerprint density at radius 2 is 2.08 bits per heavy atom. The zero-order valence-corrected chi connectivity index (χ0v) is 13.8. The van der Waals surface area contributed by atoms with Crippen molar-refractivity contribution >= 4 is 35.0 Å². The lowest BCUT2D eigenvalue weighted by Crippen LogP contribution is -2.17. The Bertz CT molecular complexity index is 824. The fourth-order valence-corrected chi connectivity index (χ4v) is 2.67. The minimum Gasteiger partial charge on any atom is -0.324 e. The van der Waals surface area contributed by atoms with Gasteiger partial charge in [-0.15, -0.1) is 0 Å². The molecule has 2 rings (SSSR count). The molecule has 0 aliphatic heterocycles. The van der Waals surface area contributed by atoms with E-state index in [2.05, 4.69) is 15.3 Å². The first kappa shape index (κ1) is 18.3. The van der Waals surface area contributed by atoms with Gasteiger partial charge in [0.05, 0.1) is 22.0 Å². The molecule has 0 unspecified atom stereocenters. The zero-order valence-electron chi connectivity index (χ0n) is 12.2. The fraction of sp³-hybridized carbons (Fsp3) is 0.214. The second kappa shape index (κ2) is 7.27. The molecule has 2 aromatic rings. The number of carbonyl (C=O) groups is 1. The summed E-state index contributed by atoms with van der Waals surface area (Å²) in [6, 6.07) is 4.24. The number of amides is 1. The van der Waals surface area contributed by atoms with Crippen molar-refractivity contribution in [2.24, 2.45) is 0 Å². The standard InChI is InChI=1S/C14H11ClF3N3O2S/c1-7-4-12(21-13(23)19-7)24-6-11(22)20-10-5-8(14(16,17)18)2-3-9(10)15/h2-5H,6H2,1H3,(H,20,22)(H,19,21,23). The highest BCUT2D eigenvalue weighted by atomic mass is 35.5. The summed E-state index contributed by atoms with van der Waals surface area (Å²) >= 11 is 6.79. The summed E-state index contributed by atoms with van der Waals surface area (Å²) in [5.74, 6) is -0.705. The zero-order chi connectivity index (χ0) is 17.9. The Balaban J connectivity index is 2.06. The van der Waals surface area contributed by atoms with Crippen LogP contribution in [0.3, 0.4) is 0 Å². The molecule has 1 aromatic heterocycles. The first-order chi connectivity index (χ1) is 11.1. The number of alkyl halides is 3. The van der Waals surface area contributed by atoms with Crippen LogP contribution in [0.1, 0.15) is 11.3 Å². The molecule has 0 saturated heterocycles. The molecule has 24 heavy (non-hydrogen) atoms. The van der Waals surface area contributed by atoms with Crippen LogP contribution in [0.4, 0.5) is 18.9 Å². The number of halogens is 4. The summed E-state index contributed by atoms with van der Waals surface area (Å²) in [5.41, 5.74) is -1.01. The van der Waals surface area contributed by atoms with Crippen LogP contribution in [-0.4, -0.2) is 21.6 Å². The van der Waals surface area contributed by atoms with Gasteiger partial charge in [0.25, 0.3) is 0 Å². The van der Waals surface area contributed by atoms with Gasteiger partial charge < -0.3 is 10.3 Å². The van der Waals surface area contributed by atoms with E-state index >= 15 is 0 Å². The average Bonchev–Trinajstić information content (AvgIpc) is 2.45. The van der Waals surface area contributed by atoms with Gasteiger partial charge in [-0.2, -0.15) is 18.2 Å². The van der Waals surface area contributed by atoms with Crippen LogP contribution < -0.4 is 11.0 Å². The van der Waals surface area contributed by atoms with Crippen LogP contribution >= 0.6 is 23.4 Å². The first-order valence-electron chi connectivity index (χ1n) is 6.52. The molecule has 0 atom stereocenters. The number of benzene rings is 1. The highest BCUT2D eigenvalue weighted by Crippen LogP contribution is 2.33. The number of nitrogens with one attached hydrogen (secondary N) is 2. The van der Waals surface area contributed by atoms with Gasteiger partial charge in [0.1, 0.15) is 5.03 Å². The number of rotatable bonds is 4. The van der Waals surface area contributed by atoms with E-state index in [0.29, 0.717) is 10.7 Å². The smallest absolute Gasteiger partial charge is 0.324 e. The summed E-state index contributed by atoms with van der Waals surface area (Å²) in [5, 5.41) is 2.64. The third-order valence-corrected chi connectivity index (χ3v) is 4.02. The van der Waals surface area contributed by atoms with E-state index in [4.69, 9.17) is 11.6 Å². The number of aryl methyl sites for hydroxylation is 1. The molecule has 128 valence electrons. The summed E-state index contributed by atoms with van der Waals surface area (Å²) in [6.45, 7) is 1.66. The highest BCUT2D eigenvalue weighted by molar-refractivity contribution is 7.99. The van der Waals surface area contributed by atoms with Gasteiger partial charge in [-0.3, -0.25) is 4.79 Å². The predicted octanol–water partition coefficient (Wildman–Crippen LogP) is 3.48. The van der Waals surface area contributed by atoms with Crippen molar-refractivity contribution in [1.82, 2.24) is 9.97 Å². The van der Waals surface area contributed by atoms with E-state index in [9.17, 15) is 22.8 Å². The van der Waals surface area contributed by atoms with E-state index in [1.807, 2.05) is 0 Å². The van der Waals surface area contributed by atoms with Crippen molar-refractivity contribution in [2.45, 2.75) is 18.1 Å². The number of aromatic nitrogens is 2. The van der Waals surface area contributed by atoms with Gasteiger partial charge >= 0.3 is 11.9 Å². The van der Waals surface area contributed by atoms with Gasteiger partial charge in [-0.05, 0) is 31.2 Å². The Morgan fingerprint density at radius 3 is 2.71 bits per heavy atom. The molecule has 0 saturated carbocycles. The van der Waals surface area contributed by atoms with Crippen molar-refractivity contribution in [3.8, 4) is 0 Å². The molecule has 2 N–H and O–H groups in total. The lowest BCUT2D eigenvalue weighted by Gasteiger charge is -2.11. The predicted molar refractivity (Wildman–Crippen MR) is 85.4 cm³/mol. The molecule has 10 heteroatoms. The number of hydrogen-bond acceptors (Lipinski definition) is 4. The summed E-state index contributed by atoms with van der Waals surface area (Å²) in [4.78, 5) is 29.2. The van der Waals surface area contributed by atoms with E-state index in [1.54, 1.807) is 13.0 Å². The number of thioether (sulfide) groups is 1. The van der Waals surface area contributed by atoms with Crippen molar-refractivity contribution in [2.75, 3.05) is 11.1 Å². The van der Waals surface area contributed by atoms with Gasteiger partial charge in [-0.1, -0.05) is 23.4 Å². The lowest BCUT2D eigenvalue weighted by atomic mass is 10.2. The van der Waals surface area contributed by atoms with Gasteiger partial charge in [0.2, 0.25) is 5.91 Å². The highest BCUT2D eigenvalue weighted by Gasteiger charge is 2.31. The largest absolute Gasteiger partial charge is 0.416 e. The maximum Gasteiger partial charge on any atom is 0.416 e. The number of aromatic amines is 1. The number of nitrogens with zero attached hydrogens (tertiary/aromatic N) is 1. The molecule has 5 nitrogen and oxygen atoms in total. The summed E-state index contributed by atoms with van der Waals surface area (Å²) in [6.07, 6.45) is -4.54. The van der Waals surface area contributed by atoms with Crippen molar-refractivity contribution in [1.29, 1.82) is 0 Å². The molecule has 0 aliphatic rings. The van der Waals surface area contributed by atoms with Crippen molar-refractivity contribution < 1.29 is 18.0 Å². The number of hydrogen-bond donors (Lipinski definition) is 2. The molecular formula is C14H11ClF3N3O2S. The second-order valence-corrected chi connectivity index (χ2v) is 6.14. The van der Waals surface area contributed by atoms with E-state index in [1.165, 1.54) is 0 Å². The summed E-state index contributed by atoms with van der Waals surface area (Å²) in [7, 11) is 0. The van der Waals surface area contributed by atoms with Gasteiger partial charge in [-0.25, -0.2) is 4.79 Å². The first-order valence-corrected chi connectivity index (χ1v) is 7.89. The van der Waals surface area contributed by atoms with Crippen LogP contribution in [0.5, 0.6) is 0 Å². The molecule has 0 bridgehead atoms. The average molecular weight is 378 g/mol. The maximum absolute atomic E-state index is 12.7. The molecule has 0 aliphatic carbocycles. The fourth-order valence-electron chi connectivity index (χ4n) is 1.75. The van der Waals surface area contributed by atoms with Crippen LogP contribution in [0, 0.1) is 6.92 Å². The Hall–Kier alpha value is -2.00. The Kier molecular flexibility index (Phi) is 5.55. The third kappa shape index (κ3) is 5.00. The second-order valence-electron chi connectivity index (χ2n) is 4.74. The number of carbonyl (C=O) groups excluding carboxylic acids is 1. The van der Waals surface area contributed by atoms with Crippen molar-refractivity contribution in [3.63, 3.8) is 0 Å². The van der Waals surface area contributed by atoms with E-state index < -0.39 is 23.3 Å². The molecule has 0 fully saturated rings. The topological polar surface area (TPSA) is 74.8 Å². The molecule has 1 heterocycles. The monoisotopic (exact) mass is 377 g/mol. The van der Waals surface area contributed by atoms with Gasteiger partial charge in [0, 0.05) is 5.69 Å². The normalized spacial score (nSPS) is 11.4. The Labute approximate surface area is 143 Å². The van der Waals surface area contributed by atoms with E-state index in [-0.39, 0.29) is 16.5 Å². The van der Waals surface area contributed by atoms with Crippen LogP contribution in [0.2, 0.25) is 5.02 Å². The lowest BCUT2D eigenvalue weighted by molar-refractivity contribution is -0.137. The molecule has 0 radical (unpaired) electrons. The SMILES string of the molecule is Cc1cc(SCC(=O)Nc2cc(C(F)(F)F)ccc2Cl)nc(=O)[nH]1. The molecule has 0 spiro atoms. The Morgan fingerprint density at radius 1 is 1.38 bits per heavy atom. The minimum atomic E-state index is -4.54. The molecule has 1 aromatic carbocycles. The number of H-pyrrole nitrogens is 1. The third-order valence-electron chi connectivity index (χ3n) is 2.77. The molecular weight excluding hydrogens is 367 g/mol. The summed E-state index contributed by atoms with van der Waals surface area (Å²) < 4.78 is 38.0. The van der Waals surface area contributed by atoms with Crippen molar-refractivity contribution in [3.05, 3.63) is 51.0 Å². The van der Waals surface area contributed by atoms with Crippen LogP contribution in [0.15, 0.2) is 34.1 Å². The van der Waals surface area contributed by atoms with Crippen LogP contribution in [-0.2, 0) is 11.0 Å². The number of anilines is 1. The van der Waals surface area contributed by atoms with E-state index in [0.717, 1.165) is 30.0 Å². The minimum absolute atomic E-state index is 0.00789. The van der Waals surface area contributed by atoms with Gasteiger partial charge in [0.15, 0.2) is 0 Å². The van der Waals surface area contributed by atoms with Crippen LogP contribution in [0.25, 0.3) is 0 Å². The maximum atomic E-state index is 12.7. The molecule has 1 amide bonds.